The number of hydrogen-bond acceptors (Lipinski definition) is 4. The number of fused-ring (bicyclic) bond motifs is 4. The van der Waals surface area contributed by atoms with Crippen molar-refractivity contribution >= 4 is 38.3 Å². The van der Waals surface area contributed by atoms with E-state index in [0.29, 0.717) is 6.04 Å². The second-order valence-corrected chi connectivity index (χ2v) is 6.99. The fourth-order valence-corrected chi connectivity index (χ4v) is 4.32. The molecule has 3 fully saturated rings. The highest BCUT2D eigenvalue weighted by Crippen LogP contribution is 2.33. The van der Waals surface area contributed by atoms with E-state index < -0.39 is 0 Å². The van der Waals surface area contributed by atoms with E-state index in [4.69, 9.17) is 11.6 Å². The first kappa shape index (κ1) is 11.9. The Balaban J connectivity index is 1.58. The maximum atomic E-state index is 6.01. The zero-order chi connectivity index (χ0) is 12.8. The molecule has 3 saturated heterocycles. The lowest BCUT2D eigenvalue weighted by molar-refractivity contribution is 0.0975. The summed E-state index contributed by atoms with van der Waals surface area (Å²) in [5.41, 5.74) is 1.00. The van der Waals surface area contributed by atoms with E-state index in [1.807, 2.05) is 12.1 Å². The molecule has 0 saturated carbocycles. The molecule has 5 rings (SSSR count). The molecule has 0 spiro atoms. The van der Waals surface area contributed by atoms with Gasteiger partial charge in [-0.25, -0.2) is 4.98 Å². The minimum Gasteiger partial charge on any atom is -0.357 e. The number of benzene rings is 1. The average molecular weight is 294 g/mol. The third-order valence-corrected chi connectivity index (χ3v) is 5.52. The van der Waals surface area contributed by atoms with E-state index in [0.717, 1.165) is 21.6 Å². The first-order chi connectivity index (χ1) is 9.28. The summed E-state index contributed by atoms with van der Waals surface area (Å²) in [6.07, 6.45) is 2.66. The molecule has 1 N–H and O–H groups in total. The van der Waals surface area contributed by atoms with Crippen molar-refractivity contribution in [3.05, 3.63) is 23.2 Å². The Morgan fingerprint density at radius 3 is 2.89 bits per heavy atom. The van der Waals surface area contributed by atoms with Gasteiger partial charge >= 0.3 is 0 Å². The van der Waals surface area contributed by atoms with Gasteiger partial charge in [0.15, 0.2) is 5.13 Å². The summed E-state index contributed by atoms with van der Waals surface area (Å²) in [6, 6.07) is 6.49. The van der Waals surface area contributed by atoms with Crippen LogP contribution in [0, 0.1) is 5.92 Å². The molecule has 19 heavy (non-hydrogen) atoms. The number of halogens is 1. The van der Waals surface area contributed by atoms with Crippen LogP contribution in [0.4, 0.5) is 5.13 Å². The quantitative estimate of drug-likeness (QED) is 0.919. The summed E-state index contributed by atoms with van der Waals surface area (Å²) in [5, 5.41) is 5.44. The van der Waals surface area contributed by atoms with Crippen molar-refractivity contribution in [2.45, 2.75) is 18.9 Å². The predicted octanol–water partition coefficient (Wildman–Crippen LogP) is 3.46. The molecule has 3 aliphatic heterocycles. The number of nitrogens with zero attached hydrogens (tertiary/aromatic N) is 2. The highest BCUT2D eigenvalue weighted by atomic mass is 35.5. The van der Waals surface area contributed by atoms with Gasteiger partial charge in [0, 0.05) is 17.6 Å². The molecule has 1 atom stereocenters. The van der Waals surface area contributed by atoms with Gasteiger partial charge in [-0.2, -0.15) is 0 Å². The lowest BCUT2D eigenvalue weighted by atomic mass is 9.84. The first-order valence-corrected chi connectivity index (χ1v) is 8.02. The van der Waals surface area contributed by atoms with Crippen LogP contribution in [0.3, 0.4) is 0 Å². The van der Waals surface area contributed by atoms with Gasteiger partial charge < -0.3 is 10.2 Å². The van der Waals surface area contributed by atoms with Crippen molar-refractivity contribution in [1.82, 2.24) is 9.88 Å². The standard InChI is InChI=1S/C14H16ClN3S/c15-10-1-2-13-11(7-10)16-14(19-13)17-12-8-18-5-3-9(12)4-6-18/h1-2,7,9,12H,3-6,8H2,(H,16,17). The number of rotatable bonds is 2. The summed E-state index contributed by atoms with van der Waals surface area (Å²) in [5.74, 6) is 0.820. The largest absolute Gasteiger partial charge is 0.357 e. The van der Waals surface area contributed by atoms with Crippen LogP contribution in [0.15, 0.2) is 18.2 Å². The van der Waals surface area contributed by atoms with E-state index in [9.17, 15) is 0 Å². The predicted molar refractivity (Wildman–Crippen MR) is 81.2 cm³/mol. The Labute approximate surface area is 121 Å². The van der Waals surface area contributed by atoms with Crippen molar-refractivity contribution in [1.29, 1.82) is 0 Å². The average Bonchev–Trinajstić information content (AvgIpc) is 2.81. The molecule has 1 aromatic heterocycles. The second-order valence-electron chi connectivity index (χ2n) is 5.52. The molecular formula is C14H16ClN3S. The van der Waals surface area contributed by atoms with E-state index in [-0.39, 0.29) is 0 Å². The monoisotopic (exact) mass is 293 g/mol. The van der Waals surface area contributed by atoms with Gasteiger partial charge in [0.05, 0.1) is 10.2 Å². The molecule has 0 aliphatic carbocycles. The van der Waals surface area contributed by atoms with Gasteiger partial charge in [-0.3, -0.25) is 0 Å². The van der Waals surface area contributed by atoms with E-state index >= 15 is 0 Å². The topological polar surface area (TPSA) is 28.2 Å². The minimum absolute atomic E-state index is 0.568. The highest BCUT2D eigenvalue weighted by molar-refractivity contribution is 7.22. The Hall–Kier alpha value is -0.840. The lowest BCUT2D eigenvalue weighted by Crippen LogP contribution is -2.53. The number of thiazole rings is 1. The van der Waals surface area contributed by atoms with Crippen molar-refractivity contribution in [2.75, 3.05) is 25.0 Å². The SMILES string of the molecule is Clc1ccc2sc(NC3CN4CCC3CC4)nc2c1. The van der Waals surface area contributed by atoms with Crippen LogP contribution in [0.5, 0.6) is 0 Å². The van der Waals surface area contributed by atoms with Crippen molar-refractivity contribution in [2.24, 2.45) is 5.92 Å². The van der Waals surface area contributed by atoms with Gasteiger partial charge in [-0.05, 0) is 50.0 Å². The van der Waals surface area contributed by atoms with E-state index in [2.05, 4.69) is 21.3 Å². The second kappa shape index (κ2) is 4.62. The molecule has 1 unspecified atom stereocenters. The summed E-state index contributed by atoms with van der Waals surface area (Å²) in [4.78, 5) is 7.21. The van der Waals surface area contributed by atoms with Crippen molar-refractivity contribution < 1.29 is 0 Å². The number of aromatic nitrogens is 1. The molecule has 4 heterocycles. The van der Waals surface area contributed by atoms with Gasteiger partial charge in [0.2, 0.25) is 0 Å². The van der Waals surface area contributed by atoms with Gasteiger partial charge in [-0.15, -0.1) is 0 Å². The normalized spacial score (nSPS) is 29.8. The molecule has 0 radical (unpaired) electrons. The summed E-state index contributed by atoms with van der Waals surface area (Å²) < 4.78 is 1.20. The summed E-state index contributed by atoms with van der Waals surface area (Å²) in [6.45, 7) is 3.72. The van der Waals surface area contributed by atoms with Crippen LogP contribution in [0.2, 0.25) is 5.02 Å². The Kier molecular flexibility index (Phi) is 2.90. The third kappa shape index (κ3) is 2.22. The van der Waals surface area contributed by atoms with Gasteiger partial charge in [-0.1, -0.05) is 22.9 Å². The smallest absolute Gasteiger partial charge is 0.184 e. The van der Waals surface area contributed by atoms with Crippen LogP contribution >= 0.6 is 22.9 Å². The zero-order valence-corrected chi connectivity index (χ0v) is 12.2. The fraction of sp³-hybridized carbons (Fsp3) is 0.500. The molecule has 0 amide bonds. The Morgan fingerprint density at radius 2 is 2.16 bits per heavy atom. The lowest BCUT2D eigenvalue weighted by Gasteiger charge is -2.44. The molecule has 100 valence electrons. The Bertz CT molecular complexity index is 604. The zero-order valence-electron chi connectivity index (χ0n) is 10.6. The number of hydrogen-bond donors (Lipinski definition) is 1. The Morgan fingerprint density at radius 1 is 1.32 bits per heavy atom. The minimum atomic E-state index is 0.568. The van der Waals surface area contributed by atoms with E-state index in [1.165, 1.54) is 37.2 Å². The molecule has 3 nitrogen and oxygen atoms in total. The fourth-order valence-electron chi connectivity index (χ4n) is 3.25. The van der Waals surface area contributed by atoms with Crippen molar-refractivity contribution in [3.8, 4) is 0 Å². The van der Waals surface area contributed by atoms with Crippen LogP contribution in [0.25, 0.3) is 10.2 Å². The number of piperidine rings is 3. The highest BCUT2D eigenvalue weighted by Gasteiger charge is 2.34. The molecule has 2 bridgehead atoms. The molecule has 3 aliphatic rings. The number of anilines is 1. The number of nitrogens with one attached hydrogen (secondary N) is 1. The van der Waals surface area contributed by atoms with Gasteiger partial charge in [0.25, 0.3) is 0 Å². The van der Waals surface area contributed by atoms with Crippen LogP contribution < -0.4 is 5.32 Å². The van der Waals surface area contributed by atoms with Crippen LogP contribution in [-0.2, 0) is 0 Å². The summed E-state index contributed by atoms with van der Waals surface area (Å²) in [7, 11) is 0. The molecule has 5 heteroatoms. The van der Waals surface area contributed by atoms with Crippen molar-refractivity contribution in [3.63, 3.8) is 0 Å². The molecular weight excluding hydrogens is 278 g/mol. The van der Waals surface area contributed by atoms with Crippen LogP contribution in [0.1, 0.15) is 12.8 Å². The maximum absolute atomic E-state index is 6.01. The van der Waals surface area contributed by atoms with Crippen LogP contribution in [-0.4, -0.2) is 35.6 Å². The van der Waals surface area contributed by atoms with E-state index in [1.54, 1.807) is 11.3 Å². The molecule has 1 aromatic carbocycles. The summed E-state index contributed by atoms with van der Waals surface area (Å²) >= 11 is 7.74. The van der Waals surface area contributed by atoms with Gasteiger partial charge in [0.1, 0.15) is 0 Å². The first-order valence-electron chi connectivity index (χ1n) is 6.83. The third-order valence-electron chi connectivity index (χ3n) is 4.31. The molecule has 2 aromatic rings. The maximum Gasteiger partial charge on any atom is 0.184 e.